The first-order valence-corrected chi connectivity index (χ1v) is 14.3. The van der Waals surface area contributed by atoms with Gasteiger partial charge >= 0.3 is 0 Å². The first-order valence-electron chi connectivity index (χ1n) is 14.3. The van der Waals surface area contributed by atoms with E-state index < -0.39 is 0 Å². The van der Waals surface area contributed by atoms with Gasteiger partial charge < -0.3 is 5.32 Å². The minimum Gasteiger partial charge on any atom is -0.389 e. The number of nitrogens with one attached hydrogen (secondary N) is 1. The summed E-state index contributed by atoms with van der Waals surface area (Å²) < 4.78 is 0. The second-order valence-corrected chi connectivity index (χ2v) is 13.2. The third kappa shape index (κ3) is 4.61. The van der Waals surface area contributed by atoms with E-state index >= 15 is 0 Å². The fourth-order valence-corrected chi connectivity index (χ4v) is 9.62. The van der Waals surface area contributed by atoms with Crippen LogP contribution in [0.1, 0.15) is 118 Å². The van der Waals surface area contributed by atoms with Crippen molar-refractivity contribution < 1.29 is 0 Å². The first-order chi connectivity index (χ1) is 15.3. The van der Waals surface area contributed by atoms with Crippen LogP contribution in [0.2, 0.25) is 0 Å². The molecular formula is C31H53N. The highest BCUT2D eigenvalue weighted by atomic mass is 14.9. The van der Waals surface area contributed by atoms with Crippen molar-refractivity contribution in [2.24, 2.45) is 46.3 Å². The average molecular weight is 440 g/mol. The average Bonchev–Trinajstić information content (AvgIpc) is 3.12. The van der Waals surface area contributed by atoms with E-state index in [4.69, 9.17) is 0 Å². The van der Waals surface area contributed by atoms with Crippen LogP contribution in [0.25, 0.3) is 0 Å². The van der Waals surface area contributed by atoms with Gasteiger partial charge in [-0.2, -0.15) is 0 Å². The van der Waals surface area contributed by atoms with Crippen molar-refractivity contribution in [2.75, 3.05) is 6.54 Å². The van der Waals surface area contributed by atoms with Crippen LogP contribution >= 0.6 is 0 Å². The molecule has 0 aromatic heterocycles. The lowest BCUT2D eigenvalue weighted by molar-refractivity contribution is -0.114. The van der Waals surface area contributed by atoms with Crippen LogP contribution in [-0.2, 0) is 0 Å². The minimum absolute atomic E-state index is 0.606. The molecule has 8 atom stereocenters. The summed E-state index contributed by atoms with van der Waals surface area (Å²) in [7, 11) is 0. The third-order valence-electron chi connectivity index (χ3n) is 11.4. The molecule has 0 aromatic rings. The molecule has 0 amide bonds. The predicted octanol–water partition coefficient (Wildman–Crippen LogP) is 8.91. The molecule has 0 spiro atoms. The summed E-state index contributed by atoms with van der Waals surface area (Å²) >= 11 is 0. The highest BCUT2D eigenvalue weighted by Gasteiger charge is 2.60. The van der Waals surface area contributed by atoms with Gasteiger partial charge in [0.1, 0.15) is 0 Å². The van der Waals surface area contributed by atoms with Gasteiger partial charge in [0.15, 0.2) is 0 Å². The Morgan fingerprint density at radius 1 is 0.906 bits per heavy atom. The fourth-order valence-electron chi connectivity index (χ4n) is 9.62. The second-order valence-electron chi connectivity index (χ2n) is 13.2. The van der Waals surface area contributed by atoms with Crippen LogP contribution in [0.15, 0.2) is 24.4 Å². The van der Waals surface area contributed by atoms with Gasteiger partial charge in [-0.3, -0.25) is 0 Å². The molecule has 182 valence electrons. The first kappa shape index (κ1) is 24.4. The molecule has 1 nitrogen and oxygen atoms in total. The molecule has 0 radical (unpaired) electrons. The van der Waals surface area contributed by atoms with Crippen molar-refractivity contribution in [3.63, 3.8) is 0 Å². The van der Waals surface area contributed by atoms with Gasteiger partial charge in [0.25, 0.3) is 0 Å². The smallest absolute Gasteiger partial charge is 0.0146 e. The van der Waals surface area contributed by atoms with Gasteiger partial charge in [-0.05, 0) is 130 Å². The minimum atomic E-state index is 0.606. The van der Waals surface area contributed by atoms with Gasteiger partial charge in [0, 0.05) is 12.2 Å². The number of hydrogen-bond acceptors (Lipinski definition) is 1. The quantitative estimate of drug-likeness (QED) is 0.279. The Bertz CT molecular complexity index is 678. The molecule has 0 bridgehead atoms. The van der Waals surface area contributed by atoms with Crippen molar-refractivity contribution >= 4 is 0 Å². The zero-order chi connectivity index (χ0) is 22.9. The zero-order valence-corrected chi connectivity index (χ0v) is 22.0. The lowest BCUT2D eigenvalue weighted by Gasteiger charge is -2.61. The Kier molecular flexibility index (Phi) is 7.53. The van der Waals surface area contributed by atoms with E-state index in [9.17, 15) is 0 Å². The molecular weight excluding hydrogens is 386 g/mol. The molecule has 4 saturated carbocycles. The maximum atomic E-state index is 4.34. The Morgan fingerprint density at radius 3 is 2.47 bits per heavy atom. The Hall–Kier alpha value is -0.720. The molecule has 4 aliphatic rings. The van der Waals surface area contributed by atoms with Crippen LogP contribution in [-0.4, -0.2) is 6.54 Å². The summed E-state index contributed by atoms with van der Waals surface area (Å²) in [4.78, 5) is 0. The Balaban J connectivity index is 1.32. The van der Waals surface area contributed by atoms with Crippen molar-refractivity contribution in [2.45, 2.75) is 118 Å². The monoisotopic (exact) mass is 439 g/mol. The summed E-state index contributed by atoms with van der Waals surface area (Å²) in [6.07, 6.45) is 20.0. The number of hydrogen-bond donors (Lipinski definition) is 1. The van der Waals surface area contributed by atoms with Gasteiger partial charge in [0.05, 0.1) is 0 Å². The van der Waals surface area contributed by atoms with E-state index in [2.05, 4.69) is 46.2 Å². The molecule has 1 N–H and O–H groups in total. The molecule has 0 heterocycles. The van der Waals surface area contributed by atoms with E-state index in [-0.39, 0.29) is 0 Å². The predicted molar refractivity (Wildman–Crippen MR) is 139 cm³/mol. The summed E-state index contributed by atoms with van der Waals surface area (Å²) in [6.45, 7) is 19.5. The fraction of sp³-hybridized carbons (Fsp3) is 0.871. The van der Waals surface area contributed by atoms with Crippen molar-refractivity contribution in [1.82, 2.24) is 5.32 Å². The number of allylic oxidation sites excluding steroid dienone is 2. The Labute approximate surface area is 200 Å². The van der Waals surface area contributed by atoms with Crippen molar-refractivity contribution in [1.29, 1.82) is 0 Å². The molecule has 0 aliphatic heterocycles. The van der Waals surface area contributed by atoms with Crippen LogP contribution < -0.4 is 5.32 Å². The highest BCUT2D eigenvalue weighted by Crippen LogP contribution is 2.68. The molecule has 1 heteroatoms. The standard InChI is InChI=1S/C31H53N/c1-22(2)10-9-21-32-24(4)13-12-23(3)27-16-17-28-26-15-14-25-11-7-8-19-30(25,5)29(26)18-20-31(27,28)6/h23,25-29,32H,1,4,7-21H2,2-3,5-6H3. The third-order valence-corrected chi connectivity index (χ3v) is 11.4. The van der Waals surface area contributed by atoms with Gasteiger partial charge in [-0.15, -0.1) is 6.58 Å². The topological polar surface area (TPSA) is 12.0 Å². The molecule has 4 rings (SSSR count). The maximum absolute atomic E-state index is 4.34. The van der Waals surface area contributed by atoms with Crippen molar-refractivity contribution in [3.05, 3.63) is 24.4 Å². The summed E-state index contributed by atoms with van der Waals surface area (Å²) in [5.74, 6) is 5.90. The lowest BCUT2D eigenvalue weighted by Crippen LogP contribution is -2.53. The largest absolute Gasteiger partial charge is 0.389 e. The zero-order valence-electron chi connectivity index (χ0n) is 22.0. The van der Waals surface area contributed by atoms with E-state index in [1.165, 1.54) is 75.5 Å². The van der Waals surface area contributed by atoms with E-state index in [0.717, 1.165) is 54.9 Å². The number of rotatable bonds is 9. The second kappa shape index (κ2) is 9.87. The van der Waals surface area contributed by atoms with Crippen LogP contribution in [0.3, 0.4) is 0 Å². The van der Waals surface area contributed by atoms with Crippen molar-refractivity contribution in [3.8, 4) is 0 Å². The van der Waals surface area contributed by atoms with Gasteiger partial charge in [-0.1, -0.05) is 45.8 Å². The molecule has 0 saturated heterocycles. The summed E-state index contributed by atoms with van der Waals surface area (Å²) in [5, 5.41) is 3.58. The summed E-state index contributed by atoms with van der Waals surface area (Å²) in [6, 6.07) is 0. The number of fused-ring (bicyclic) bond motifs is 5. The van der Waals surface area contributed by atoms with E-state index in [1.807, 2.05) is 0 Å². The van der Waals surface area contributed by atoms with Crippen LogP contribution in [0.5, 0.6) is 0 Å². The van der Waals surface area contributed by atoms with Gasteiger partial charge in [-0.25, -0.2) is 0 Å². The van der Waals surface area contributed by atoms with Crippen LogP contribution in [0.4, 0.5) is 0 Å². The molecule has 0 aromatic carbocycles. The SMILES string of the molecule is C=C(C)CCCNC(=C)CCC(C)C1CCC2C3CCC4CCCCC4(C)C3CCC12C. The van der Waals surface area contributed by atoms with Crippen LogP contribution in [0, 0.1) is 46.3 Å². The Morgan fingerprint density at radius 2 is 1.69 bits per heavy atom. The molecule has 32 heavy (non-hydrogen) atoms. The van der Waals surface area contributed by atoms with Gasteiger partial charge in [0.2, 0.25) is 0 Å². The molecule has 4 aliphatic carbocycles. The lowest BCUT2D eigenvalue weighted by atomic mass is 9.44. The summed E-state index contributed by atoms with van der Waals surface area (Å²) in [5.41, 5.74) is 3.83. The normalized spacial score (nSPS) is 41.8. The molecule has 8 unspecified atom stereocenters. The van der Waals surface area contributed by atoms with E-state index in [1.54, 1.807) is 12.8 Å². The maximum Gasteiger partial charge on any atom is 0.0146 e. The van der Waals surface area contributed by atoms with E-state index in [0.29, 0.717) is 10.8 Å². The highest BCUT2D eigenvalue weighted by molar-refractivity contribution is 5.09. The molecule has 4 fully saturated rings.